The van der Waals surface area contributed by atoms with E-state index in [-0.39, 0.29) is 6.42 Å². The molecule has 3 N–H and O–H groups in total. The van der Waals surface area contributed by atoms with E-state index in [0.29, 0.717) is 11.5 Å². The van der Waals surface area contributed by atoms with Crippen LogP contribution in [-0.4, -0.2) is 17.8 Å². The topological polar surface area (TPSA) is 38.0 Å². The Bertz CT molecular complexity index is 284. The lowest BCUT2D eigenvalue weighted by Gasteiger charge is -2.06. The van der Waals surface area contributed by atoms with Crippen molar-refractivity contribution in [3.05, 3.63) is 0 Å². The normalized spacial score (nSPS) is 11.6. The maximum atomic E-state index is 11.9. The van der Waals surface area contributed by atoms with Gasteiger partial charge in [0.2, 0.25) is 0 Å². The Hall–Kier alpha value is -0.520. The number of hydrogen-bond acceptors (Lipinski definition) is 1. The van der Waals surface area contributed by atoms with Gasteiger partial charge in [0, 0.05) is 13.0 Å². The zero-order chi connectivity index (χ0) is 17.4. The van der Waals surface area contributed by atoms with Gasteiger partial charge in [-0.1, -0.05) is 70.6 Å². The first-order valence-corrected chi connectivity index (χ1v) is 9.43. The minimum absolute atomic E-state index is 0.288. The predicted molar refractivity (Wildman–Crippen MR) is 95.5 cm³/mol. The van der Waals surface area contributed by atoms with E-state index in [0.717, 1.165) is 32.2 Å². The van der Waals surface area contributed by atoms with E-state index >= 15 is 0 Å². The Morgan fingerprint density at radius 3 is 1.39 bits per heavy atom. The highest BCUT2D eigenvalue weighted by atomic mass is 32.1. The molecule has 0 aromatic carbocycles. The molecular formula is C17H33F3N2S. The van der Waals surface area contributed by atoms with Crippen LogP contribution < -0.4 is 11.1 Å². The van der Waals surface area contributed by atoms with Crippen molar-refractivity contribution in [3.63, 3.8) is 0 Å². The fraction of sp³-hybridized carbons (Fsp3) is 0.941. The van der Waals surface area contributed by atoms with Crippen molar-refractivity contribution in [3.8, 4) is 0 Å². The molecule has 0 unspecified atom stereocenters. The lowest BCUT2D eigenvalue weighted by Crippen LogP contribution is -2.29. The standard InChI is InChI=1S/C17H33F3N2S/c18-17(19,20)14-12-10-8-6-4-2-1-3-5-7-9-11-13-15-22-16(21)23/h1-15H2,(H3,21,22,23). The summed E-state index contributed by atoms with van der Waals surface area (Å²) in [6.45, 7) is 0.873. The van der Waals surface area contributed by atoms with Crippen molar-refractivity contribution >= 4 is 17.3 Å². The van der Waals surface area contributed by atoms with Crippen LogP contribution in [0, 0.1) is 0 Å². The first-order valence-electron chi connectivity index (χ1n) is 9.02. The third-order valence-electron chi connectivity index (χ3n) is 3.94. The largest absolute Gasteiger partial charge is 0.389 e. The van der Waals surface area contributed by atoms with E-state index < -0.39 is 12.6 Å². The second-order valence-corrected chi connectivity index (χ2v) is 6.69. The van der Waals surface area contributed by atoms with Gasteiger partial charge in [-0.25, -0.2) is 0 Å². The number of thiocarbonyl (C=S) groups is 1. The number of rotatable bonds is 15. The van der Waals surface area contributed by atoms with Crippen LogP contribution in [0.3, 0.4) is 0 Å². The number of hydrogen-bond donors (Lipinski definition) is 2. The molecule has 138 valence electrons. The molecule has 0 saturated carbocycles. The summed E-state index contributed by atoms with van der Waals surface area (Å²) < 4.78 is 35.8. The molecule has 23 heavy (non-hydrogen) atoms. The molecular weight excluding hydrogens is 321 g/mol. The smallest absolute Gasteiger partial charge is 0.376 e. The Morgan fingerprint density at radius 2 is 1.04 bits per heavy atom. The molecule has 0 aliphatic heterocycles. The summed E-state index contributed by atoms with van der Waals surface area (Å²) in [5, 5.41) is 3.33. The van der Waals surface area contributed by atoms with Gasteiger partial charge in [0.25, 0.3) is 0 Å². The van der Waals surface area contributed by atoms with Gasteiger partial charge >= 0.3 is 6.18 Å². The van der Waals surface area contributed by atoms with E-state index in [1.807, 2.05) is 0 Å². The summed E-state index contributed by atoms with van der Waals surface area (Å²) in [5.41, 5.74) is 5.34. The Morgan fingerprint density at radius 1 is 0.696 bits per heavy atom. The van der Waals surface area contributed by atoms with Crippen LogP contribution in [0.5, 0.6) is 0 Å². The summed E-state index contributed by atoms with van der Waals surface area (Å²) in [5.74, 6) is 0. The van der Waals surface area contributed by atoms with Crippen molar-refractivity contribution in [1.82, 2.24) is 5.32 Å². The van der Waals surface area contributed by atoms with E-state index in [1.165, 1.54) is 44.9 Å². The summed E-state index contributed by atoms with van der Waals surface area (Å²) in [7, 11) is 0. The minimum Gasteiger partial charge on any atom is -0.376 e. The molecule has 2 nitrogen and oxygen atoms in total. The van der Waals surface area contributed by atoms with Crippen LogP contribution in [0.25, 0.3) is 0 Å². The molecule has 0 bridgehead atoms. The maximum Gasteiger partial charge on any atom is 0.389 e. The van der Waals surface area contributed by atoms with E-state index in [2.05, 4.69) is 5.32 Å². The van der Waals surface area contributed by atoms with Gasteiger partial charge in [0.1, 0.15) is 0 Å². The van der Waals surface area contributed by atoms with Crippen LogP contribution in [0.15, 0.2) is 0 Å². The minimum atomic E-state index is -3.98. The second kappa shape index (κ2) is 15.0. The first-order chi connectivity index (χ1) is 10.9. The average molecular weight is 355 g/mol. The zero-order valence-corrected chi connectivity index (χ0v) is 15.0. The first kappa shape index (κ1) is 22.5. The third kappa shape index (κ3) is 21.5. The highest BCUT2D eigenvalue weighted by Crippen LogP contribution is 2.23. The lowest BCUT2D eigenvalue weighted by molar-refractivity contribution is -0.135. The monoisotopic (exact) mass is 354 g/mol. The zero-order valence-electron chi connectivity index (χ0n) is 14.2. The van der Waals surface area contributed by atoms with Crippen LogP contribution in [0.1, 0.15) is 89.9 Å². The molecule has 0 aliphatic carbocycles. The highest BCUT2D eigenvalue weighted by Gasteiger charge is 2.25. The lowest BCUT2D eigenvalue weighted by atomic mass is 10.0. The average Bonchev–Trinajstić information content (AvgIpc) is 2.45. The molecule has 0 amide bonds. The number of halogens is 3. The van der Waals surface area contributed by atoms with Gasteiger partial charge in [-0.2, -0.15) is 13.2 Å². The summed E-state index contributed by atoms with van der Waals surface area (Å²) >= 11 is 4.73. The van der Waals surface area contributed by atoms with E-state index in [4.69, 9.17) is 18.0 Å². The van der Waals surface area contributed by atoms with Crippen molar-refractivity contribution in [2.24, 2.45) is 5.73 Å². The quantitative estimate of drug-likeness (QED) is 0.286. The van der Waals surface area contributed by atoms with Gasteiger partial charge in [-0.3, -0.25) is 0 Å². The SMILES string of the molecule is NC(=S)NCCCCCCCCCCCCCCCC(F)(F)F. The van der Waals surface area contributed by atoms with Crippen LogP contribution in [-0.2, 0) is 0 Å². The van der Waals surface area contributed by atoms with Crippen LogP contribution in [0.4, 0.5) is 13.2 Å². The van der Waals surface area contributed by atoms with Crippen molar-refractivity contribution in [2.45, 2.75) is 96.1 Å². The Balaban J connectivity index is 3.04. The van der Waals surface area contributed by atoms with Crippen molar-refractivity contribution in [2.75, 3.05) is 6.54 Å². The molecule has 0 rings (SSSR count). The molecule has 0 radical (unpaired) electrons. The van der Waals surface area contributed by atoms with Crippen LogP contribution >= 0.6 is 12.2 Å². The van der Waals surface area contributed by atoms with E-state index in [9.17, 15) is 13.2 Å². The Labute approximate surface area is 144 Å². The molecule has 0 aromatic heterocycles. The molecule has 0 atom stereocenters. The number of nitrogens with two attached hydrogens (primary N) is 1. The van der Waals surface area contributed by atoms with Gasteiger partial charge in [0.15, 0.2) is 5.11 Å². The van der Waals surface area contributed by atoms with Gasteiger partial charge in [0.05, 0.1) is 0 Å². The molecule has 0 spiro atoms. The molecule has 0 aromatic rings. The number of unbranched alkanes of at least 4 members (excludes halogenated alkanes) is 12. The molecule has 0 saturated heterocycles. The number of alkyl halides is 3. The fourth-order valence-electron chi connectivity index (χ4n) is 2.61. The summed E-state index contributed by atoms with van der Waals surface area (Å²) in [6.07, 6.45) is 9.49. The van der Waals surface area contributed by atoms with Gasteiger partial charge < -0.3 is 11.1 Å². The predicted octanol–water partition coefficient (Wildman–Crippen LogP) is 5.84. The van der Waals surface area contributed by atoms with E-state index in [1.54, 1.807) is 0 Å². The third-order valence-corrected chi connectivity index (χ3v) is 4.08. The van der Waals surface area contributed by atoms with Gasteiger partial charge in [-0.15, -0.1) is 0 Å². The second-order valence-electron chi connectivity index (χ2n) is 6.25. The highest BCUT2D eigenvalue weighted by molar-refractivity contribution is 7.80. The molecule has 0 aliphatic rings. The van der Waals surface area contributed by atoms with Crippen molar-refractivity contribution in [1.29, 1.82) is 0 Å². The van der Waals surface area contributed by atoms with Gasteiger partial charge in [-0.05, 0) is 25.1 Å². The number of nitrogens with one attached hydrogen (secondary N) is 1. The van der Waals surface area contributed by atoms with Crippen molar-refractivity contribution < 1.29 is 13.2 Å². The molecule has 0 heterocycles. The molecule has 0 fully saturated rings. The van der Waals surface area contributed by atoms with Crippen LogP contribution in [0.2, 0.25) is 0 Å². The maximum absolute atomic E-state index is 11.9. The Kier molecular flexibility index (Phi) is 14.7. The molecule has 6 heteroatoms. The fourth-order valence-corrected chi connectivity index (χ4v) is 2.71. The summed E-state index contributed by atoms with van der Waals surface area (Å²) in [6, 6.07) is 0. The summed E-state index contributed by atoms with van der Waals surface area (Å²) in [4.78, 5) is 0.